The molecule has 0 spiro atoms. The number of hydrogen-bond acceptors (Lipinski definition) is 6. The third-order valence-electron chi connectivity index (χ3n) is 4.92. The van der Waals surface area contributed by atoms with Crippen LogP contribution in [0.3, 0.4) is 0 Å². The van der Waals surface area contributed by atoms with Crippen molar-refractivity contribution in [3.8, 4) is 22.6 Å². The number of hydrogen-bond donors (Lipinski definition) is 4. The third kappa shape index (κ3) is 1.61. The Morgan fingerprint density at radius 3 is 2.33 bits per heavy atom. The van der Waals surface area contributed by atoms with E-state index in [1.165, 1.54) is 31.2 Å². The lowest BCUT2D eigenvalue weighted by Crippen LogP contribution is -2.38. The Bertz CT molecular complexity index is 930. The average molecular weight is 326 g/mol. The van der Waals surface area contributed by atoms with Gasteiger partial charge in [0.15, 0.2) is 11.6 Å². The highest BCUT2D eigenvalue weighted by molar-refractivity contribution is 6.25. The number of carbonyl (C=O) groups excluding carboxylic acids is 2. The van der Waals surface area contributed by atoms with Crippen molar-refractivity contribution in [3.05, 3.63) is 46.5 Å². The van der Waals surface area contributed by atoms with E-state index in [0.717, 1.165) is 0 Å². The van der Waals surface area contributed by atoms with Crippen molar-refractivity contribution in [2.75, 3.05) is 0 Å². The molecule has 0 saturated heterocycles. The second-order valence-corrected chi connectivity index (χ2v) is 6.22. The number of carbonyl (C=O) groups is 2. The number of aliphatic hydroxyl groups is 2. The van der Waals surface area contributed by atoms with Crippen molar-refractivity contribution in [2.45, 2.75) is 19.1 Å². The molecule has 6 nitrogen and oxygen atoms in total. The topological polar surface area (TPSA) is 115 Å². The highest BCUT2D eigenvalue weighted by atomic mass is 16.3. The van der Waals surface area contributed by atoms with Crippen LogP contribution in [0.1, 0.15) is 44.9 Å². The van der Waals surface area contributed by atoms with Gasteiger partial charge in [-0.05, 0) is 12.1 Å². The quantitative estimate of drug-likeness (QED) is 0.498. The summed E-state index contributed by atoms with van der Waals surface area (Å²) in [5, 5.41) is 41.0. The predicted molar refractivity (Wildman–Crippen MR) is 83.1 cm³/mol. The minimum atomic E-state index is -1.43. The molecule has 6 heteroatoms. The lowest BCUT2D eigenvalue weighted by atomic mass is 9.76. The van der Waals surface area contributed by atoms with Crippen LogP contribution in [0, 0.1) is 5.92 Å². The first-order chi connectivity index (χ1) is 11.3. The molecule has 0 radical (unpaired) electrons. The fourth-order valence-electron chi connectivity index (χ4n) is 3.66. The van der Waals surface area contributed by atoms with Crippen LogP contribution in [0.25, 0.3) is 11.1 Å². The van der Waals surface area contributed by atoms with E-state index in [4.69, 9.17) is 0 Å². The van der Waals surface area contributed by atoms with Crippen LogP contribution in [-0.4, -0.2) is 38.1 Å². The maximum Gasteiger partial charge on any atom is 0.194 e. The van der Waals surface area contributed by atoms with Crippen LogP contribution in [0.5, 0.6) is 11.5 Å². The molecule has 0 aliphatic heterocycles. The zero-order valence-electron chi connectivity index (χ0n) is 12.6. The van der Waals surface area contributed by atoms with Gasteiger partial charge < -0.3 is 20.4 Å². The van der Waals surface area contributed by atoms with Crippen molar-refractivity contribution < 1.29 is 30.0 Å². The normalized spacial score (nSPS) is 24.5. The Kier molecular flexibility index (Phi) is 2.88. The molecule has 0 fully saturated rings. The molecule has 2 aliphatic rings. The summed E-state index contributed by atoms with van der Waals surface area (Å²) in [5.41, 5.74) is 0.442. The Labute approximate surface area is 136 Å². The molecule has 0 amide bonds. The van der Waals surface area contributed by atoms with Gasteiger partial charge in [-0.3, -0.25) is 9.59 Å². The lowest BCUT2D eigenvalue weighted by Gasteiger charge is -2.32. The van der Waals surface area contributed by atoms with Gasteiger partial charge in [-0.1, -0.05) is 19.1 Å². The summed E-state index contributed by atoms with van der Waals surface area (Å²) in [6.07, 6.45) is -2.77. The minimum Gasteiger partial charge on any atom is -0.507 e. The second-order valence-electron chi connectivity index (χ2n) is 6.22. The number of phenolic OH excluding ortho intramolecular Hbond substituents is 2. The van der Waals surface area contributed by atoms with Crippen molar-refractivity contribution >= 4 is 11.6 Å². The van der Waals surface area contributed by atoms with E-state index in [2.05, 4.69) is 0 Å². The SMILES string of the molecule is C[C@@H]1C(=O)c2cc(O)c3c(c2[C@H](O)[C@@H]1O)C(=O)c1cccc(O)c1-3. The predicted octanol–water partition coefficient (Wildman–Crippen LogP) is 1.54. The van der Waals surface area contributed by atoms with Gasteiger partial charge in [-0.15, -0.1) is 0 Å². The first kappa shape index (κ1) is 14.9. The van der Waals surface area contributed by atoms with Crippen molar-refractivity contribution in [2.24, 2.45) is 5.92 Å². The number of phenols is 2. The molecule has 4 rings (SSSR count). The molecule has 3 atom stereocenters. The zero-order chi connectivity index (χ0) is 17.3. The molecule has 0 bridgehead atoms. The molecule has 24 heavy (non-hydrogen) atoms. The highest BCUT2D eigenvalue weighted by Crippen LogP contribution is 2.51. The monoisotopic (exact) mass is 326 g/mol. The summed E-state index contributed by atoms with van der Waals surface area (Å²) in [7, 11) is 0. The Morgan fingerprint density at radius 1 is 0.917 bits per heavy atom. The molecule has 2 aliphatic carbocycles. The summed E-state index contributed by atoms with van der Waals surface area (Å²) >= 11 is 0. The van der Waals surface area contributed by atoms with Crippen molar-refractivity contribution in [1.82, 2.24) is 0 Å². The summed E-state index contributed by atoms with van der Waals surface area (Å²) in [5.74, 6) is -2.30. The zero-order valence-corrected chi connectivity index (χ0v) is 12.6. The molecule has 4 N–H and O–H groups in total. The first-order valence-electron chi connectivity index (χ1n) is 7.51. The Balaban J connectivity index is 2.12. The van der Waals surface area contributed by atoms with Gasteiger partial charge in [0.2, 0.25) is 0 Å². The maximum atomic E-state index is 12.8. The van der Waals surface area contributed by atoms with E-state index in [1.807, 2.05) is 0 Å². The Morgan fingerprint density at radius 2 is 1.62 bits per heavy atom. The number of aromatic hydroxyl groups is 2. The van der Waals surface area contributed by atoms with E-state index in [1.54, 1.807) is 0 Å². The number of ketones is 2. The Hall–Kier alpha value is -2.70. The molecule has 0 saturated carbocycles. The van der Waals surface area contributed by atoms with Gasteiger partial charge in [0.05, 0.1) is 6.10 Å². The van der Waals surface area contributed by atoms with Gasteiger partial charge in [-0.2, -0.15) is 0 Å². The molecule has 0 unspecified atom stereocenters. The largest absolute Gasteiger partial charge is 0.507 e. The summed E-state index contributed by atoms with van der Waals surface area (Å²) in [6, 6.07) is 5.58. The standard InChI is InChI=1S/C18H14O6/c1-6-15(21)8-5-10(20)13-11-7(3-2-4-9(11)19)17(23)14(13)12(8)18(24)16(6)22/h2-6,16,18-20,22,24H,1H3/t6-,16-,18+/m1/s1. The molecule has 0 aromatic heterocycles. The van der Waals surface area contributed by atoms with Crippen LogP contribution in [0.4, 0.5) is 0 Å². The van der Waals surface area contributed by atoms with Crippen molar-refractivity contribution in [3.63, 3.8) is 0 Å². The number of rotatable bonds is 0. The summed E-state index contributed by atoms with van der Waals surface area (Å²) < 4.78 is 0. The molecule has 122 valence electrons. The lowest BCUT2D eigenvalue weighted by molar-refractivity contribution is -0.0158. The van der Waals surface area contributed by atoms with E-state index >= 15 is 0 Å². The molecule has 2 aromatic carbocycles. The molecular weight excluding hydrogens is 312 g/mol. The minimum absolute atomic E-state index is 0.0130. The second kappa shape index (κ2) is 4.66. The van der Waals surface area contributed by atoms with Crippen LogP contribution in [0.15, 0.2) is 24.3 Å². The third-order valence-corrected chi connectivity index (χ3v) is 4.92. The average Bonchev–Trinajstić information content (AvgIpc) is 2.86. The number of aliphatic hydroxyl groups excluding tert-OH is 2. The van der Waals surface area contributed by atoms with E-state index < -0.39 is 29.7 Å². The number of fused-ring (bicyclic) bond motifs is 5. The smallest absolute Gasteiger partial charge is 0.194 e. The van der Waals surface area contributed by atoms with Gasteiger partial charge in [0.25, 0.3) is 0 Å². The van der Waals surface area contributed by atoms with Gasteiger partial charge in [0.1, 0.15) is 17.6 Å². The summed E-state index contributed by atoms with van der Waals surface area (Å²) in [6.45, 7) is 1.48. The first-order valence-corrected chi connectivity index (χ1v) is 7.51. The van der Waals surface area contributed by atoms with Gasteiger partial charge in [-0.25, -0.2) is 0 Å². The van der Waals surface area contributed by atoms with Crippen LogP contribution < -0.4 is 0 Å². The van der Waals surface area contributed by atoms with Crippen LogP contribution >= 0.6 is 0 Å². The van der Waals surface area contributed by atoms with E-state index in [9.17, 15) is 30.0 Å². The maximum absolute atomic E-state index is 12.8. The fraction of sp³-hybridized carbons (Fsp3) is 0.222. The van der Waals surface area contributed by atoms with E-state index in [0.29, 0.717) is 0 Å². The highest BCUT2D eigenvalue weighted by Gasteiger charge is 2.44. The number of benzene rings is 2. The van der Waals surface area contributed by atoms with E-state index in [-0.39, 0.29) is 44.9 Å². The van der Waals surface area contributed by atoms with Crippen LogP contribution in [0.2, 0.25) is 0 Å². The molecular formula is C18H14O6. The summed E-state index contributed by atoms with van der Waals surface area (Å²) in [4.78, 5) is 25.2. The van der Waals surface area contributed by atoms with Gasteiger partial charge in [0, 0.05) is 39.3 Å². The molecule has 0 heterocycles. The number of Topliss-reactive ketones (excluding diaryl/α,β-unsaturated/α-hetero) is 1. The van der Waals surface area contributed by atoms with Gasteiger partial charge >= 0.3 is 0 Å². The fourth-order valence-corrected chi connectivity index (χ4v) is 3.66. The van der Waals surface area contributed by atoms with Crippen LogP contribution in [-0.2, 0) is 0 Å². The molecule has 2 aromatic rings. The van der Waals surface area contributed by atoms with Crippen molar-refractivity contribution in [1.29, 1.82) is 0 Å².